The van der Waals surface area contributed by atoms with E-state index in [1.54, 1.807) is 12.3 Å². The molecule has 3 rings (SSSR count). The summed E-state index contributed by atoms with van der Waals surface area (Å²) in [5, 5.41) is 4.14. The number of nitrogens with zero attached hydrogens (tertiary/aromatic N) is 4. The van der Waals surface area contributed by atoms with Crippen LogP contribution in [-0.2, 0) is 19.0 Å². The molecule has 0 fully saturated rings. The molecular weight excluding hydrogens is 267 g/mol. The molecule has 1 aromatic carbocycles. The number of alkyl halides is 1. The van der Waals surface area contributed by atoms with Crippen LogP contribution in [0.3, 0.4) is 0 Å². The summed E-state index contributed by atoms with van der Waals surface area (Å²) in [6.07, 6.45) is 3.62. The summed E-state index contributed by atoms with van der Waals surface area (Å²) in [7, 11) is 0. The van der Waals surface area contributed by atoms with Gasteiger partial charge in [-0.1, -0.05) is 6.07 Å². The van der Waals surface area contributed by atoms with Crippen molar-refractivity contribution in [3.8, 4) is 0 Å². The van der Waals surface area contributed by atoms with Gasteiger partial charge >= 0.3 is 0 Å². The number of rotatable bonds is 4. The highest BCUT2D eigenvalue weighted by Gasteiger charge is 2.12. The molecule has 3 aromatic rings. The van der Waals surface area contributed by atoms with Crippen molar-refractivity contribution in [2.45, 2.75) is 19.0 Å². The molecular formula is C13H12ClFN4. The molecule has 0 radical (unpaired) electrons. The van der Waals surface area contributed by atoms with Crippen molar-refractivity contribution in [2.24, 2.45) is 0 Å². The van der Waals surface area contributed by atoms with Gasteiger partial charge in [-0.05, 0) is 18.2 Å². The number of para-hydroxylation sites is 1. The molecule has 0 spiro atoms. The SMILES string of the molecule is Fc1cccc2c1nc(CCl)n2CCn1cccn1. The Morgan fingerprint density at radius 2 is 2.11 bits per heavy atom. The third-order valence-electron chi connectivity index (χ3n) is 3.04. The number of imidazole rings is 1. The molecule has 0 N–H and O–H groups in total. The van der Waals surface area contributed by atoms with Crippen molar-refractivity contribution >= 4 is 22.6 Å². The molecule has 4 nitrogen and oxygen atoms in total. The normalized spacial score (nSPS) is 11.3. The minimum atomic E-state index is -0.318. The van der Waals surface area contributed by atoms with E-state index in [0.717, 1.165) is 5.52 Å². The lowest BCUT2D eigenvalue weighted by Gasteiger charge is -2.07. The van der Waals surface area contributed by atoms with E-state index in [9.17, 15) is 4.39 Å². The molecule has 0 saturated heterocycles. The van der Waals surface area contributed by atoms with Crippen molar-refractivity contribution < 1.29 is 4.39 Å². The Morgan fingerprint density at radius 1 is 1.21 bits per heavy atom. The molecule has 98 valence electrons. The molecule has 0 atom stereocenters. The van der Waals surface area contributed by atoms with E-state index in [2.05, 4.69) is 10.1 Å². The maximum Gasteiger partial charge on any atom is 0.151 e. The topological polar surface area (TPSA) is 35.6 Å². The van der Waals surface area contributed by atoms with Crippen molar-refractivity contribution in [1.29, 1.82) is 0 Å². The van der Waals surface area contributed by atoms with Gasteiger partial charge in [0.15, 0.2) is 5.82 Å². The number of hydrogen-bond acceptors (Lipinski definition) is 2. The van der Waals surface area contributed by atoms with Crippen molar-refractivity contribution in [1.82, 2.24) is 19.3 Å². The molecule has 2 heterocycles. The average molecular weight is 279 g/mol. The lowest BCUT2D eigenvalue weighted by molar-refractivity contribution is 0.533. The minimum absolute atomic E-state index is 0.257. The molecule has 0 saturated carbocycles. The summed E-state index contributed by atoms with van der Waals surface area (Å²) in [4.78, 5) is 4.26. The summed E-state index contributed by atoms with van der Waals surface area (Å²) in [5.74, 6) is 0.614. The summed E-state index contributed by atoms with van der Waals surface area (Å²) in [5.41, 5.74) is 1.14. The molecule has 0 aliphatic heterocycles. The third kappa shape index (κ3) is 2.21. The zero-order chi connectivity index (χ0) is 13.2. The van der Waals surface area contributed by atoms with Crippen molar-refractivity contribution in [2.75, 3.05) is 0 Å². The molecule has 0 unspecified atom stereocenters. The van der Waals surface area contributed by atoms with Crippen LogP contribution in [0.5, 0.6) is 0 Å². The first-order valence-electron chi connectivity index (χ1n) is 5.96. The largest absolute Gasteiger partial charge is 0.325 e. The Hall–Kier alpha value is -1.88. The number of aryl methyl sites for hydroxylation is 2. The highest BCUT2D eigenvalue weighted by atomic mass is 35.5. The number of aromatic nitrogens is 4. The van der Waals surface area contributed by atoms with Gasteiger partial charge in [0, 0.05) is 18.9 Å². The van der Waals surface area contributed by atoms with Gasteiger partial charge in [-0.2, -0.15) is 5.10 Å². The standard InChI is InChI=1S/C13H12ClFN4/c14-9-12-17-13-10(15)3-1-4-11(13)19(12)8-7-18-6-2-5-16-18/h1-6H,7-9H2. The first-order chi connectivity index (χ1) is 9.29. The molecule has 0 amide bonds. The van der Waals surface area contributed by atoms with Crippen molar-refractivity contribution in [3.05, 3.63) is 48.3 Å². The predicted octanol–water partition coefficient (Wildman–Crippen LogP) is 2.81. The summed E-state index contributed by atoms with van der Waals surface area (Å²) in [6, 6.07) is 6.81. The van der Waals surface area contributed by atoms with Crippen LogP contribution >= 0.6 is 11.6 Å². The molecule has 0 aliphatic carbocycles. The average Bonchev–Trinajstić information content (AvgIpc) is 3.03. The fourth-order valence-electron chi connectivity index (χ4n) is 2.15. The van der Waals surface area contributed by atoms with Crippen LogP contribution in [0.15, 0.2) is 36.7 Å². The Bertz CT molecular complexity index is 690. The van der Waals surface area contributed by atoms with Gasteiger partial charge in [-0.25, -0.2) is 9.37 Å². The molecule has 0 bridgehead atoms. The lowest BCUT2D eigenvalue weighted by atomic mass is 10.3. The monoisotopic (exact) mass is 278 g/mol. The van der Waals surface area contributed by atoms with E-state index in [1.165, 1.54) is 6.07 Å². The van der Waals surface area contributed by atoms with Crippen LogP contribution in [0.2, 0.25) is 0 Å². The maximum absolute atomic E-state index is 13.7. The molecule has 6 heteroatoms. The Morgan fingerprint density at radius 3 is 2.84 bits per heavy atom. The number of fused-ring (bicyclic) bond motifs is 1. The zero-order valence-electron chi connectivity index (χ0n) is 10.1. The zero-order valence-corrected chi connectivity index (χ0v) is 10.9. The Kier molecular flexibility index (Phi) is 3.21. The van der Waals surface area contributed by atoms with E-state index >= 15 is 0 Å². The van der Waals surface area contributed by atoms with Crippen LogP contribution in [-0.4, -0.2) is 19.3 Å². The second-order valence-corrected chi connectivity index (χ2v) is 4.46. The van der Waals surface area contributed by atoms with E-state index in [0.29, 0.717) is 24.4 Å². The number of halogens is 2. The summed E-state index contributed by atoms with van der Waals surface area (Å²) in [6.45, 7) is 1.35. The molecule has 2 aromatic heterocycles. The van der Waals surface area contributed by atoms with Crippen LogP contribution in [0.1, 0.15) is 5.82 Å². The van der Waals surface area contributed by atoms with Gasteiger partial charge in [0.05, 0.1) is 17.9 Å². The second kappa shape index (κ2) is 5.01. The quantitative estimate of drug-likeness (QED) is 0.688. The fraction of sp³-hybridized carbons (Fsp3) is 0.231. The highest BCUT2D eigenvalue weighted by molar-refractivity contribution is 6.16. The van der Waals surface area contributed by atoms with Gasteiger partial charge in [-0.15, -0.1) is 11.6 Å². The smallest absolute Gasteiger partial charge is 0.151 e. The first kappa shape index (κ1) is 12.2. The van der Waals surface area contributed by atoms with E-state index in [1.807, 2.05) is 27.6 Å². The van der Waals surface area contributed by atoms with E-state index in [-0.39, 0.29) is 11.7 Å². The highest BCUT2D eigenvalue weighted by Crippen LogP contribution is 2.20. The van der Waals surface area contributed by atoms with E-state index in [4.69, 9.17) is 11.6 Å². The van der Waals surface area contributed by atoms with Gasteiger partial charge in [0.1, 0.15) is 11.3 Å². The number of hydrogen-bond donors (Lipinski definition) is 0. The van der Waals surface area contributed by atoms with Crippen LogP contribution in [0, 0.1) is 5.82 Å². The predicted molar refractivity (Wildman–Crippen MR) is 71.5 cm³/mol. The summed E-state index contributed by atoms with van der Waals surface area (Å²) < 4.78 is 17.5. The van der Waals surface area contributed by atoms with Crippen LogP contribution in [0.25, 0.3) is 11.0 Å². The van der Waals surface area contributed by atoms with Crippen LogP contribution < -0.4 is 0 Å². The van der Waals surface area contributed by atoms with Crippen molar-refractivity contribution in [3.63, 3.8) is 0 Å². The first-order valence-corrected chi connectivity index (χ1v) is 6.50. The third-order valence-corrected chi connectivity index (χ3v) is 3.28. The summed E-state index contributed by atoms with van der Waals surface area (Å²) >= 11 is 5.89. The number of benzene rings is 1. The molecule has 0 aliphatic rings. The van der Waals surface area contributed by atoms with Gasteiger partial charge in [0.25, 0.3) is 0 Å². The molecule has 19 heavy (non-hydrogen) atoms. The Balaban J connectivity index is 1.99. The lowest BCUT2D eigenvalue weighted by Crippen LogP contribution is -2.10. The van der Waals surface area contributed by atoms with Gasteiger partial charge in [-0.3, -0.25) is 4.68 Å². The van der Waals surface area contributed by atoms with Gasteiger partial charge in [0.2, 0.25) is 0 Å². The maximum atomic E-state index is 13.7. The van der Waals surface area contributed by atoms with Gasteiger partial charge < -0.3 is 4.57 Å². The minimum Gasteiger partial charge on any atom is -0.325 e. The second-order valence-electron chi connectivity index (χ2n) is 4.19. The van der Waals surface area contributed by atoms with Crippen LogP contribution in [0.4, 0.5) is 4.39 Å². The Labute approximate surface area is 114 Å². The fourth-order valence-corrected chi connectivity index (χ4v) is 2.35. The van der Waals surface area contributed by atoms with E-state index < -0.39 is 0 Å².